The molecule has 10 atom stereocenters. The van der Waals surface area contributed by atoms with E-state index in [1.54, 1.807) is 0 Å². The van der Waals surface area contributed by atoms with E-state index in [0.717, 1.165) is 24.7 Å². The number of rotatable bonds is 14. The highest BCUT2D eigenvalue weighted by Gasteiger charge is 2.46. The van der Waals surface area contributed by atoms with Crippen LogP contribution in [-0.4, -0.2) is 79.9 Å². The largest absolute Gasteiger partial charge is 0.371 e. The van der Waals surface area contributed by atoms with Crippen molar-refractivity contribution in [3.63, 3.8) is 0 Å². The van der Waals surface area contributed by atoms with Gasteiger partial charge in [0, 0.05) is 31.1 Å². The lowest BCUT2D eigenvalue weighted by Crippen LogP contribution is -2.33. The second-order valence-corrected chi connectivity index (χ2v) is 15.0. The SMILES string of the molecule is C=CC[C@@H]1O[C@H](CC2COC(C)(C)O2)[C@H](OCc2ccccc2)[C@H]1C.C[C@@H]1[C@@H](OCc2ccccc2)[C@@H](CC2COC(C)(C)O2)O[C@H]1CC=O. The van der Waals surface area contributed by atoms with Gasteiger partial charge in [0.15, 0.2) is 11.6 Å². The van der Waals surface area contributed by atoms with Gasteiger partial charge in [-0.25, -0.2) is 0 Å². The van der Waals surface area contributed by atoms with Crippen LogP contribution in [0.25, 0.3) is 0 Å². The number of carbonyl (C=O) groups is 1. The summed E-state index contributed by atoms with van der Waals surface area (Å²) in [4.78, 5) is 11.0. The summed E-state index contributed by atoms with van der Waals surface area (Å²) in [5, 5.41) is 0. The van der Waals surface area contributed by atoms with Crippen LogP contribution >= 0.6 is 0 Å². The minimum atomic E-state index is -0.544. The van der Waals surface area contributed by atoms with E-state index in [4.69, 9.17) is 37.9 Å². The number of carbonyl (C=O) groups excluding carboxylic acids is 1. The molecule has 50 heavy (non-hydrogen) atoms. The predicted molar refractivity (Wildman–Crippen MR) is 190 cm³/mol. The second kappa shape index (κ2) is 17.8. The number of benzene rings is 2. The first-order chi connectivity index (χ1) is 24.0. The summed E-state index contributed by atoms with van der Waals surface area (Å²) in [6.45, 7) is 18.2. The van der Waals surface area contributed by atoms with Crippen molar-refractivity contribution in [3.8, 4) is 0 Å². The maximum absolute atomic E-state index is 11.0. The monoisotopic (exact) mass is 694 g/mol. The van der Waals surface area contributed by atoms with Gasteiger partial charge in [0.2, 0.25) is 0 Å². The lowest BCUT2D eigenvalue weighted by atomic mass is 9.94. The van der Waals surface area contributed by atoms with Gasteiger partial charge in [-0.2, -0.15) is 0 Å². The Kier molecular flexibility index (Phi) is 13.8. The average Bonchev–Trinajstić information content (AvgIpc) is 3.80. The van der Waals surface area contributed by atoms with Crippen LogP contribution in [0.3, 0.4) is 0 Å². The van der Waals surface area contributed by atoms with Gasteiger partial charge in [0.05, 0.1) is 75.3 Å². The summed E-state index contributed by atoms with van der Waals surface area (Å²) < 4.78 is 48.2. The third-order valence-corrected chi connectivity index (χ3v) is 10.1. The van der Waals surface area contributed by atoms with Crippen molar-refractivity contribution in [2.24, 2.45) is 11.8 Å². The molecular weight excluding hydrogens is 636 g/mol. The topological polar surface area (TPSA) is 90.9 Å². The smallest absolute Gasteiger partial charge is 0.163 e. The molecule has 0 saturated carbocycles. The first-order valence-corrected chi connectivity index (χ1v) is 18.3. The first kappa shape index (κ1) is 38.8. The molecule has 6 rings (SSSR count). The number of hydrogen-bond donors (Lipinski definition) is 0. The molecule has 4 heterocycles. The molecule has 9 nitrogen and oxygen atoms in total. The van der Waals surface area contributed by atoms with Crippen molar-refractivity contribution in [3.05, 3.63) is 84.4 Å². The van der Waals surface area contributed by atoms with E-state index >= 15 is 0 Å². The van der Waals surface area contributed by atoms with Crippen molar-refractivity contribution < 1.29 is 42.7 Å². The van der Waals surface area contributed by atoms with Gasteiger partial charge < -0.3 is 42.7 Å². The van der Waals surface area contributed by atoms with Crippen LogP contribution in [-0.2, 0) is 55.9 Å². The summed E-state index contributed by atoms with van der Waals surface area (Å²) in [6, 6.07) is 20.4. The third kappa shape index (κ3) is 10.8. The van der Waals surface area contributed by atoms with Crippen molar-refractivity contribution in [2.45, 2.75) is 141 Å². The molecule has 0 amide bonds. The molecule has 0 radical (unpaired) electrons. The average molecular weight is 695 g/mol. The molecule has 0 N–H and O–H groups in total. The normalized spacial score (nSPS) is 34.3. The number of aldehydes is 1. The fourth-order valence-electron chi connectivity index (χ4n) is 7.46. The van der Waals surface area contributed by atoms with Crippen molar-refractivity contribution in [1.29, 1.82) is 0 Å². The quantitative estimate of drug-likeness (QED) is 0.150. The molecule has 4 fully saturated rings. The van der Waals surface area contributed by atoms with Gasteiger partial charge in [0.25, 0.3) is 0 Å². The molecule has 4 saturated heterocycles. The lowest BCUT2D eigenvalue weighted by molar-refractivity contribution is -0.145. The molecule has 2 aromatic rings. The zero-order valence-corrected chi connectivity index (χ0v) is 30.7. The van der Waals surface area contributed by atoms with Gasteiger partial charge >= 0.3 is 0 Å². The summed E-state index contributed by atoms with van der Waals surface area (Å²) in [5.74, 6) is -0.566. The summed E-state index contributed by atoms with van der Waals surface area (Å²) in [5.41, 5.74) is 2.32. The maximum atomic E-state index is 11.0. The summed E-state index contributed by atoms with van der Waals surface area (Å²) in [7, 11) is 0. The molecule has 0 aromatic heterocycles. The van der Waals surface area contributed by atoms with Crippen LogP contribution in [0.4, 0.5) is 0 Å². The molecule has 276 valence electrons. The Morgan fingerprint density at radius 3 is 1.46 bits per heavy atom. The minimum absolute atomic E-state index is 0.00925. The highest BCUT2D eigenvalue weighted by Crippen LogP contribution is 2.38. The van der Waals surface area contributed by atoms with E-state index in [9.17, 15) is 4.79 Å². The summed E-state index contributed by atoms with van der Waals surface area (Å²) >= 11 is 0. The number of ether oxygens (including phenoxy) is 8. The van der Waals surface area contributed by atoms with Crippen molar-refractivity contribution in [2.75, 3.05) is 13.2 Å². The van der Waals surface area contributed by atoms with Crippen LogP contribution in [0.2, 0.25) is 0 Å². The zero-order valence-electron chi connectivity index (χ0n) is 30.7. The molecule has 2 unspecified atom stereocenters. The Labute approximate surface area is 298 Å². The lowest BCUT2D eigenvalue weighted by Gasteiger charge is -2.24. The molecule has 4 aliphatic heterocycles. The molecular formula is C41H58O9. The first-order valence-electron chi connectivity index (χ1n) is 18.3. The predicted octanol–water partition coefficient (Wildman–Crippen LogP) is 7.20. The van der Waals surface area contributed by atoms with E-state index in [1.807, 2.05) is 70.2 Å². The standard InChI is InChI=1S/C21H30O4.C20H28O5/c1-5-9-18-15(2)20(22-13-16-10-7-6-8-11-16)19(24-18)12-17-14-23-21(3,4)25-17;1-14-17(9-10-21)24-18(11-16-13-23-20(2,3)25-16)19(14)22-12-15-7-5-4-6-8-15/h5-8,10-11,15,17-20H,1,9,12-14H2,2-4H3;4-8,10,14,16-19H,9,11-13H2,1-3H3/t15-,17?,18-,19+,20+;14-,16?,17-,18+,19+/m00/s1. The second-order valence-electron chi connectivity index (χ2n) is 15.0. The van der Waals surface area contributed by atoms with E-state index in [1.165, 1.54) is 5.56 Å². The Hall–Kier alpha value is -2.47. The van der Waals surface area contributed by atoms with Crippen LogP contribution in [0.5, 0.6) is 0 Å². The minimum Gasteiger partial charge on any atom is -0.371 e. The highest BCUT2D eigenvalue weighted by atomic mass is 16.7. The molecule has 9 heteroatoms. The fourth-order valence-corrected chi connectivity index (χ4v) is 7.46. The Morgan fingerprint density at radius 1 is 0.680 bits per heavy atom. The fraction of sp³-hybridized carbons (Fsp3) is 0.634. The van der Waals surface area contributed by atoms with Gasteiger partial charge in [-0.05, 0) is 45.2 Å². The summed E-state index contributed by atoms with van der Waals surface area (Å²) in [6.07, 6.45) is 5.62. The van der Waals surface area contributed by atoms with Gasteiger partial charge in [-0.3, -0.25) is 0 Å². The maximum Gasteiger partial charge on any atom is 0.163 e. The molecule has 0 spiro atoms. The Bertz CT molecular complexity index is 1220. The number of hydrogen-bond acceptors (Lipinski definition) is 9. The third-order valence-electron chi connectivity index (χ3n) is 10.1. The van der Waals surface area contributed by atoms with E-state index < -0.39 is 11.6 Å². The van der Waals surface area contributed by atoms with Crippen LogP contribution in [0.1, 0.15) is 78.4 Å². The molecule has 0 aliphatic carbocycles. The van der Waals surface area contributed by atoms with Crippen LogP contribution in [0.15, 0.2) is 73.3 Å². The van der Waals surface area contributed by atoms with Gasteiger partial charge in [-0.1, -0.05) is 80.6 Å². The zero-order chi connectivity index (χ0) is 35.7. The van der Waals surface area contributed by atoms with E-state index in [0.29, 0.717) is 45.2 Å². The highest BCUT2D eigenvalue weighted by molar-refractivity contribution is 5.50. The van der Waals surface area contributed by atoms with Crippen molar-refractivity contribution in [1.82, 2.24) is 0 Å². The van der Waals surface area contributed by atoms with Gasteiger partial charge in [-0.15, -0.1) is 6.58 Å². The van der Waals surface area contributed by atoms with E-state index in [-0.39, 0.29) is 54.7 Å². The molecule has 2 aromatic carbocycles. The van der Waals surface area contributed by atoms with Crippen LogP contribution in [0, 0.1) is 11.8 Å². The van der Waals surface area contributed by atoms with Crippen molar-refractivity contribution >= 4 is 6.29 Å². The Morgan fingerprint density at radius 2 is 1.10 bits per heavy atom. The van der Waals surface area contributed by atoms with Crippen LogP contribution < -0.4 is 0 Å². The molecule has 4 aliphatic rings. The van der Waals surface area contributed by atoms with Gasteiger partial charge in [0.1, 0.15) is 6.29 Å². The Balaban J connectivity index is 0.000000194. The van der Waals surface area contributed by atoms with E-state index in [2.05, 4.69) is 44.7 Å². The molecule has 0 bridgehead atoms.